The monoisotopic (exact) mass is 415 g/mol. The van der Waals surface area contributed by atoms with Crippen LogP contribution in [0.1, 0.15) is 61.3 Å². The van der Waals surface area contributed by atoms with Crippen LogP contribution >= 0.6 is 12.8 Å². The minimum absolute atomic E-state index is 0.0120. The first-order valence-electron chi connectivity index (χ1n) is 10.3. The van der Waals surface area contributed by atoms with Crippen LogP contribution in [0.5, 0.6) is 0 Å². The van der Waals surface area contributed by atoms with Crippen LogP contribution < -0.4 is 20.7 Å². The summed E-state index contributed by atoms with van der Waals surface area (Å²) in [5, 5.41) is 9.36. The fourth-order valence-corrected chi connectivity index (χ4v) is 3.48. The molecule has 1 aliphatic rings. The standard InChI is InChI=1S/C20H41N5O2S/c1-14-9-8-12-25(14)17(26)16(20(5,6)7)24-18(27)23-15(19(2,3)4)13-21-10-11-22-28/h14-16,21-22,28H,8-13H2,1-7H3,(H2,23,24,27). The third-order valence-corrected chi connectivity index (χ3v) is 5.56. The number of hydrogen-bond donors (Lipinski definition) is 5. The summed E-state index contributed by atoms with van der Waals surface area (Å²) in [6.07, 6.45) is 2.04. The van der Waals surface area contributed by atoms with E-state index in [0.29, 0.717) is 6.54 Å². The summed E-state index contributed by atoms with van der Waals surface area (Å²) in [5.74, 6) is 0.0120. The Morgan fingerprint density at radius 1 is 1.07 bits per heavy atom. The van der Waals surface area contributed by atoms with Crippen molar-refractivity contribution in [3.05, 3.63) is 0 Å². The highest BCUT2D eigenvalue weighted by Crippen LogP contribution is 2.25. The van der Waals surface area contributed by atoms with Crippen LogP contribution in [0.3, 0.4) is 0 Å². The molecule has 3 unspecified atom stereocenters. The highest BCUT2D eigenvalue weighted by atomic mass is 32.1. The molecule has 3 amide bonds. The second-order valence-corrected chi connectivity index (χ2v) is 10.3. The van der Waals surface area contributed by atoms with Crippen molar-refractivity contribution in [2.75, 3.05) is 26.2 Å². The van der Waals surface area contributed by atoms with E-state index in [1.807, 2.05) is 25.7 Å². The van der Waals surface area contributed by atoms with Gasteiger partial charge < -0.3 is 20.9 Å². The van der Waals surface area contributed by atoms with Crippen molar-refractivity contribution in [2.24, 2.45) is 10.8 Å². The maximum absolute atomic E-state index is 13.1. The normalized spacial score (nSPS) is 20.0. The van der Waals surface area contributed by atoms with Gasteiger partial charge in [-0.15, -0.1) is 0 Å². The average Bonchev–Trinajstić information content (AvgIpc) is 2.99. The Morgan fingerprint density at radius 3 is 2.18 bits per heavy atom. The zero-order valence-electron chi connectivity index (χ0n) is 18.7. The molecule has 1 rings (SSSR count). The zero-order valence-corrected chi connectivity index (χ0v) is 19.6. The molecule has 1 aliphatic heterocycles. The molecule has 0 bridgehead atoms. The van der Waals surface area contributed by atoms with Crippen LogP contribution in [0, 0.1) is 10.8 Å². The number of amides is 3. The molecule has 0 aromatic heterocycles. The molecule has 28 heavy (non-hydrogen) atoms. The summed E-state index contributed by atoms with van der Waals surface area (Å²) in [5.41, 5.74) is -0.492. The maximum Gasteiger partial charge on any atom is 0.315 e. The lowest BCUT2D eigenvalue weighted by Crippen LogP contribution is -2.60. The van der Waals surface area contributed by atoms with Gasteiger partial charge in [-0.1, -0.05) is 54.4 Å². The van der Waals surface area contributed by atoms with Crippen LogP contribution in [0.4, 0.5) is 4.79 Å². The van der Waals surface area contributed by atoms with Gasteiger partial charge in [-0.3, -0.25) is 9.52 Å². The lowest BCUT2D eigenvalue weighted by Gasteiger charge is -2.37. The van der Waals surface area contributed by atoms with Gasteiger partial charge in [0.15, 0.2) is 0 Å². The molecule has 0 aromatic rings. The van der Waals surface area contributed by atoms with Gasteiger partial charge in [0.1, 0.15) is 6.04 Å². The molecular formula is C20H41N5O2S. The van der Waals surface area contributed by atoms with Gasteiger partial charge in [0.25, 0.3) is 0 Å². The minimum Gasteiger partial charge on any atom is -0.338 e. The van der Waals surface area contributed by atoms with E-state index < -0.39 is 6.04 Å². The van der Waals surface area contributed by atoms with Crippen molar-refractivity contribution in [2.45, 2.75) is 79.4 Å². The van der Waals surface area contributed by atoms with Crippen LogP contribution in [-0.2, 0) is 4.79 Å². The summed E-state index contributed by atoms with van der Waals surface area (Å²) < 4.78 is 2.80. The molecule has 0 aliphatic carbocycles. The van der Waals surface area contributed by atoms with E-state index in [1.165, 1.54) is 0 Å². The Morgan fingerprint density at radius 2 is 1.71 bits per heavy atom. The van der Waals surface area contributed by atoms with Crippen molar-refractivity contribution >= 4 is 24.8 Å². The first-order chi connectivity index (χ1) is 12.9. The van der Waals surface area contributed by atoms with Gasteiger partial charge in [0.2, 0.25) is 5.91 Å². The Balaban J connectivity index is 2.78. The molecule has 8 heteroatoms. The topological polar surface area (TPSA) is 85.5 Å². The Hall–Kier alpha value is -0.990. The second kappa shape index (κ2) is 10.7. The van der Waals surface area contributed by atoms with Gasteiger partial charge in [0, 0.05) is 38.3 Å². The van der Waals surface area contributed by atoms with E-state index in [0.717, 1.165) is 32.5 Å². The number of nitrogens with zero attached hydrogens (tertiary/aromatic N) is 1. The van der Waals surface area contributed by atoms with E-state index in [2.05, 4.69) is 61.2 Å². The summed E-state index contributed by atoms with van der Waals surface area (Å²) in [4.78, 5) is 27.8. The number of rotatable bonds is 8. The average molecular weight is 416 g/mol. The smallest absolute Gasteiger partial charge is 0.315 e. The Kier molecular flexibility index (Phi) is 9.56. The lowest BCUT2D eigenvalue weighted by atomic mass is 9.85. The highest BCUT2D eigenvalue weighted by molar-refractivity contribution is 7.78. The number of hydrogen-bond acceptors (Lipinski definition) is 5. The predicted molar refractivity (Wildman–Crippen MR) is 118 cm³/mol. The van der Waals surface area contributed by atoms with Crippen molar-refractivity contribution in [1.82, 2.24) is 25.6 Å². The molecule has 0 spiro atoms. The first-order valence-corrected chi connectivity index (χ1v) is 10.8. The molecule has 1 heterocycles. The minimum atomic E-state index is -0.560. The number of likely N-dealkylation sites (tertiary alicyclic amines) is 1. The molecule has 1 saturated heterocycles. The predicted octanol–water partition coefficient (Wildman–Crippen LogP) is 2.15. The highest BCUT2D eigenvalue weighted by Gasteiger charge is 2.39. The summed E-state index contributed by atoms with van der Waals surface area (Å²) in [6, 6.07) is -0.702. The number of carbonyl (C=O) groups is 2. The van der Waals surface area contributed by atoms with Crippen molar-refractivity contribution in [3.8, 4) is 0 Å². The molecule has 0 radical (unpaired) electrons. The fourth-order valence-electron chi connectivity index (χ4n) is 3.37. The molecule has 7 nitrogen and oxygen atoms in total. The number of nitrogens with one attached hydrogen (secondary N) is 4. The molecule has 0 saturated carbocycles. The van der Waals surface area contributed by atoms with E-state index in [1.54, 1.807) is 0 Å². The molecule has 164 valence electrons. The van der Waals surface area contributed by atoms with Crippen molar-refractivity contribution < 1.29 is 9.59 Å². The third kappa shape index (κ3) is 7.79. The number of carbonyl (C=O) groups excluding carboxylic acids is 2. The first kappa shape index (κ1) is 25.0. The van der Waals surface area contributed by atoms with Crippen molar-refractivity contribution in [3.63, 3.8) is 0 Å². The van der Waals surface area contributed by atoms with Gasteiger partial charge >= 0.3 is 6.03 Å². The molecular weight excluding hydrogens is 374 g/mol. The molecule has 3 atom stereocenters. The van der Waals surface area contributed by atoms with Crippen LogP contribution in [-0.4, -0.2) is 61.1 Å². The lowest BCUT2D eigenvalue weighted by molar-refractivity contribution is -0.136. The largest absolute Gasteiger partial charge is 0.338 e. The van der Waals surface area contributed by atoms with E-state index in [9.17, 15) is 9.59 Å². The zero-order chi connectivity index (χ0) is 21.5. The Labute approximate surface area is 176 Å². The van der Waals surface area contributed by atoms with Crippen molar-refractivity contribution in [1.29, 1.82) is 0 Å². The third-order valence-electron chi connectivity index (χ3n) is 5.34. The summed E-state index contributed by atoms with van der Waals surface area (Å²) >= 11 is 3.98. The maximum atomic E-state index is 13.1. The van der Waals surface area contributed by atoms with Crippen LogP contribution in [0.25, 0.3) is 0 Å². The summed E-state index contributed by atoms with van der Waals surface area (Å²) in [7, 11) is 0. The molecule has 1 fully saturated rings. The van der Waals surface area contributed by atoms with E-state index in [-0.39, 0.29) is 34.9 Å². The fraction of sp³-hybridized carbons (Fsp3) is 0.900. The number of urea groups is 1. The van der Waals surface area contributed by atoms with E-state index in [4.69, 9.17) is 0 Å². The summed E-state index contributed by atoms with van der Waals surface area (Å²) in [6.45, 7) is 17.2. The van der Waals surface area contributed by atoms with Crippen LogP contribution in [0.15, 0.2) is 0 Å². The van der Waals surface area contributed by atoms with Gasteiger partial charge in [-0.2, -0.15) is 0 Å². The second-order valence-electron chi connectivity index (χ2n) is 9.97. The molecule has 4 N–H and O–H groups in total. The van der Waals surface area contributed by atoms with Gasteiger partial charge in [-0.25, -0.2) is 4.79 Å². The molecule has 0 aromatic carbocycles. The van der Waals surface area contributed by atoms with Gasteiger partial charge in [-0.05, 0) is 30.6 Å². The van der Waals surface area contributed by atoms with Crippen LogP contribution in [0.2, 0.25) is 0 Å². The van der Waals surface area contributed by atoms with Gasteiger partial charge in [0.05, 0.1) is 0 Å². The van der Waals surface area contributed by atoms with E-state index >= 15 is 0 Å². The SMILES string of the molecule is CC1CCCN1C(=O)C(NC(=O)NC(CNCCNS)C(C)(C)C)C(C)(C)C. The number of thiol groups is 1. The Bertz CT molecular complexity index is 516. The quantitative estimate of drug-likeness (QED) is 0.311.